The molecule has 1 aromatic heterocycles. The zero-order valence-electron chi connectivity index (χ0n) is 11.6. The Hall–Kier alpha value is -0.460. The number of hydrogen-bond acceptors (Lipinski definition) is 5. The highest BCUT2D eigenvalue weighted by Gasteiger charge is 2.31. The van der Waals surface area contributed by atoms with Crippen LogP contribution in [-0.2, 0) is 22.8 Å². The summed E-state index contributed by atoms with van der Waals surface area (Å²) in [5, 5.41) is 4.42. The molecule has 0 radical (unpaired) electrons. The van der Waals surface area contributed by atoms with E-state index >= 15 is 0 Å². The van der Waals surface area contributed by atoms with Gasteiger partial charge < -0.3 is 5.32 Å². The molecular formula is C13H22N2O2S2. The predicted molar refractivity (Wildman–Crippen MR) is 79.5 cm³/mol. The van der Waals surface area contributed by atoms with E-state index in [1.165, 1.54) is 4.88 Å². The molecule has 1 fully saturated rings. The summed E-state index contributed by atoms with van der Waals surface area (Å²) in [5.41, 5.74) is 1.13. The standard InChI is InChI=1S/C13H22N2O2S2/c1-3-6-14-8-12-11(4-2)15-13(18-12)10-5-7-19(16,17)9-10/h10,14H,3-9H2,1-2H3. The minimum absolute atomic E-state index is 0.125. The molecule has 108 valence electrons. The highest BCUT2D eigenvalue weighted by atomic mass is 32.2. The predicted octanol–water partition coefficient (Wildman–Crippen LogP) is 2.11. The van der Waals surface area contributed by atoms with Crippen LogP contribution in [0.15, 0.2) is 0 Å². The lowest BCUT2D eigenvalue weighted by atomic mass is 10.1. The summed E-state index contributed by atoms with van der Waals surface area (Å²) in [7, 11) is -2.82. The summed E-state index contributed by atoms with van der Waals surface area (Å²) in [5.74, 6) is 0.730. The molecule has 1 aliphatic rings. The van der Waals surface area contributed by atoms with E-state index in [9.17, 15) is 8.42 Å². The molecule has 0 bridgehead atoms. The Balaban J connectivity index is 2.10. The Kier molecular flexibility index (Phi) is 4.97. The molecule has 1 N–H and O–H groups in total. The van der Waals surface area contributed by atoms with Crippen LogP contribution < -0.4 is 5.32 Å². The molecule has 0 saturated carbocycles. The van der Waals surface area contributed by atoms with Crippen molar-refractivity contribution in [1.29, 1.82) is 0 Å². The molecule has 1 aromatic rings. The summed E-state index contributed by atoms with van der Waals surface area (Å²) in [6, 6.07) is 0. The number of nitrogens with zero attached hydrogens (tertiary/aromatic N) is 1. The van der Waals surface area contributed by atoms with E-state index < -0.39 is 9.84 Å². The zero-order chi connectivity index (χ0) is 13.9. The molecule has 4 nitrogen and oxygen atoms in total. The molecule has 0 spiro atoms. The molecule has 19 heavy (non-hydrogen) atoms. The van der Waals surface area contributed by atoms with Crippen LogP contribution in [0.5, 0.6) is 0 Å². The van der Waals surface area contributed by atoms with Gasteiger partial charge in [-0.05, 0) is 25.8 Å². The fourth-order valence-electron chi connectivity index (χ4n) is 2.36. The van der Waals surface area contributed by atoms with Gasteiger partial charge in [-0.15, -0.1) is 11.3 Å². The Morgan fingerprint density at radius 3 is 2.79 bits per heavy atom. The largest absolute Gasteiger partial charge is 0.312 e. The topological polar surface area (TPSA) is 59.1 Å². The second-order valence-corrected chi connectivity index (χ2v) is 8.40. The summed E-state index contributed by atoms with van der Waals surface area (Å²) >= 11 is 1.69. The van der Waals surface area contributed by atoms with Crippen molar-refractivity contribution in [2.75, 3.05) is 18.1 Å². The van der Waals surface area contributed by atoms with Crippen molar-refractivity contribution in [2.24, 2.45) is 0 Å². The van der Waals surface area contributed by atoms with Crippen LogP contribution in [0.1, 0.15) is 48.2 Å². The fraction of sp³-hybridized carbons (Fsp3) is 0.769. The van der Waals surface area contributed by atoms with Crippen LogP contribution >= 0.6 is 11.3 Å². The van der Waals surface area contributed by atoms with E-state index in [1.54, 1.807) is 11.3 Å². The Labute approximate surface area is 119 Å². The maximum Gasteiger partial charge on any atom is 0.151 e. The Bertz CT molecular complexity index is 523. The molecule has 1 unspecified atom stereocenters. The van der Waals surface area contributed by atoms with Gasteiger partial charge in [0.2, 0.25) is 0 Å². The van der Waals surface area contributed by atoms with Crippen LogP contribution in [0.3, 0.4) is 0 Å². The van der Waals surface area contributed by atoms with Crippen LogP contribution in [-0.4, -0.2) is 31.5 Å². The third-order valence-corrected chi connectivity index (χ3v) is 6.45. The molecule has 1 atom stereocenters. The van der Waals surface area contributed by atoms with E-state index in [0.717, 1.165) is 43.1 Å². The van der Waals surface area contributed by atoms with E-state index in [4.69, 9.17) is 0 Å². The monoisotopic (exact) mass is 302 g/mol. The van der Waals surface area contributed by atoms with Crippen molar-refractivity contribution >= 4 is 21.2 Å². The number of nitrogens with one attached hydrogen (secondary N) is 1. The molecule has 1 aliphatic heterocycles. The second-order valence-electron chi connectivity index (χ2n) is 5.05. The number of thiazole rings is 1. The Morgan fingerprint density at radius 1 is 1.42 bits per heavy atom. The lowest BCUT2D eigenvalue weighted by Gasteiger charge is -2.01. The van der Waals surface area contributed by atoms with E-state index in [0.29, 0.717) is 5.75 Å². The van der Waals surface area contributed by atoms with Gasteiger partial charge in [-0.3, -0.25) is 0 Å². The van der Waals surface area contributed by atoms with Crippen LogP contribution in [0.4, 0.5) is 0 Å². The van der Waals surface area contributed by atoms with Gasteiger partial charge in [0, 0.05) is 17.3 Å². The van der Waals surface area contributed by atoms with E-state index in [1.807, 2.05) is 0 Å². The minimum Gasteiger partial charge on any atom is -0.312 e. The number of rotatable bonds is 6. The minimum atomic E-state index is -2.82. The van der Waals surface area contributed by atoms with Crippen LogP contribution in [0.25, 0.3) is 0 Å². The molecule has 1 saturated heterocycles. The maximum absolute atomic E-state index is 11.6. The number of sulfone groups is 1. The molecule has 6 heteroatoms. The fourth-order valence-corrected chi connectivity index (χ4v) is 5.47. The quantitative estimate of drug-likeness (QED) is 0.818. The summed E-state index contributed by atoms with van der Waals surface area (Å²) in [6.45, 7) is 6.12. The van der Waals surface area contributed by atoms with Crippen molar-refractivity contribution in [3.8, 4) is 0 Å². The lowest BCUT2D eigenvalue weighted by molar-refractivity contribution is 0.601. The molecule has 0 aliphatic carbocycles. The normalized spacial score (nSPS) is 21.9. The van der Waals surface area contributed by atoms with Gasteiger partial charge in [-0.25, -0.2) is 13.4 Å². The van der Waals surface area contributed by atoms with Gasteiger partial charge in [0.1, 0.15) is 0 Å². The van der Waals surface area contributed by atoms with Crippen molar-refractivity contribution in [3.05, 3.63) is 15.6 Å². The van der Waals surface area contributed by atoms with Crippen molar-refractivity contribution < 1.29 is 8.42 Å². The first-order valence-corrected chi connectivity index (χ1v) is 9.59. The summed E-state index contributed by atoms with van der Waals surface area (Å²) in [6.07, 6.45) is 2.77. The van der Waals surface area contributed by atoms with Gasteiger partial charge in [0.15, 0.2) is 9.84 Å². The molecule has 0 amide bonds. The van der Waals surface area contributed by atoms with Crippen molar-refractivity contribution in [1.82, 2.24) is 10.3 Å². The van der Waals surface area contributed by atoms with Gasteiger partial charge in [-0.2, -0.15) is 0 Å². The highest BCUT2D eigenvalue weighted by Crippen LogP contribution is 2.33. The molecule has 0 aromatic carbocycles. The second kappa shape index (κ2) is 6.33. The Morgan fingerprint density at radius 2 is 2.21 bits per heavy atom. The molecule has 2 rings (SSSR count). The molecule has 2 heterocycles. The van der Waals surface area contributed by atoms with Crippen LogP contribution in [0, 0.1) is 0 Å². The van der Waals surface area contributed by atoms with E-state index in [-0.39, 0.29) is 11.7 Å². The highest BCUT2D eigenvalue weighted by molar-refractivity contribution is 7.91. The first-order chi connectivity index (χ1) is 9.05. The average molecular weight is 302 g/mol. The summed E-state index contributed by atoms with van der Waals surface area (Å²) < 4.78 is 23.1. The van der Waals surface area contributed by atoms with Crippen molar-refractivity contribution in [2.45, 2.75) is 45.6 Å². The number of aromatic nitrogens is 1. The van der Waals surface area contributed by atoms with Gasteiger partial charge in [0.05, 0.1) is 22.2 Å². The summed E-state index contributed by atoms with van der Waals surface area (Å²) in [4.78, 5) is 5.94. The zero-order valence-corrected chi connectivity index (χ0v) is 13.2. The molecular weight excluding hydrogens is 280 g/mol. The average Bonchev–Trinajstić information content (AvgIpc) is 2.93. The lowest BCUT2D eigenvalue weighted by Crippen LogP contribution is -2.13. The first kappa shape index (κ1) is 14.9. The number of hydrogen-bond donors (Lipinski definition) is 1. The maximum atomic E-state index is 11.6. The van der Waals surface area contributed by atoms with Gasteiger partial charge in [0.25, 0.3) is 0 Å². The third kappa shape index (κ3) is 3.77. The van der Waals surface area contributed by atoms with Crippen LogP contribution in [0.2, 0.25) is 0 Å². The SMILES string of the molecule is CCCNCc1sc(C2CCS(=O)(=O)C2)nc1CC. The first-order valence-electron chi connectivity index (χ1n) is 6.95. The van der Waals surface area contributed by atoms with Crippen molar-refractivity contribution in [3.63, 3.8) is 0 Å². The van der Waals surface area contributed by atoms with Gasteiger partial charge >= 0.3 is 0 Å². The third-order valence-electron chi connectivity index (χ3n) is 3.42. The number of aryl methyl sites for hydroxylation is 1. The van der Waals surface area contributed by atoms with Gasteiger partial charge in [-0.1, -0.05) is 13.8 Å². The van der Waals surface area contributed by atoms with E-state index in [2.05, 4.69) is 24.1 Å². The smallest absolute Gasteiger partial charge is 0.151 e.